The maximum Gasteiger partial charge on any atom is 0.264 e. The lowest BCUT2D eigenvalue weighted by Crippen LogP contribution is -2.28. The normalized spacial score (nSPS) is 14.2. The second kappa shape index (κ2) is 5.39. The minimum absolute atomic E-state index is 0.0366. The molecule has 0 fully saturated rings. The molecule has 0 saturated carbocycles. The van der Waals surface area contributed by atoms with Crippen LogP contribution >= 0.6 is 23.2 Å². The fraction of sp³-hybridized carbons (Fsp3) is 0.294. The zero-order valence-corrected chi connectivity index (χ0v) is 14.2. The Morgan fingerprint density at radius 2 is 1.87 bits per heavy atom. The van der Waals surface area contributed by atoms with Gasteiger partial charge >= 0.3 is 0 Å². The fourth-order valence-electron chi connectivity index (χ4n) is 3.30. The number of benzene rings is 1. The quantitative estimate of drug-likeness (QED) is 0.666. The number of aryl methyl sites for hydroxylation is 2. The van der Waals surface area contributed by atoms with Crippen molar-refractivity contribution in [1.82, 2.24) is 14.1 Å². The zero-order valence-electron chi connectivity index (χ0n) is 12.6. The molecule has 4 nitrogen and oxygen atoms in total. The molecule has 118 valence electrons. The van der Waals surface area contributed by atoms with Crippen LogP contribution in [0.1, 0.15) is 18.7 Å². The van der Waals surface area contributed by atoms with Crippen molar-refractivity contribution in [2.24, 2.45) is 7.05 Å². The first-order valence-electron chi connectivity index (χ1n) is 7.61. The summed E-state index contributed by atoms with van der Waals surface area (Å²) >= 11 is 12.5. The molecule has 0 unspecified atom stereocenters. The summed E-state index contributed by atoms with van der Waals surface area (Å²) in [5.41, 5.74) is 2.33. The zero-order chi connectivity index (χ0) is 16.1. The highest BCUT2D eigenvalue weighted by atomic mass is 35.5. The molecule has 1 aliphatic heterocycles. The lowest BCUT2D eigenvalue weighted by Gasteiger charge is -2.17. The molecular formula is C17H15Cl2N3O. The lowest BCUT2D eigenvalue weighted by molar-refractivity contribution is 0.500. The highest BCUT2D eigenvalue weighted by molar-refractivity contribution is 6.38. The maximum atomic E-state index is 12.8. The van der Waals surface area contributed by atoms with Crippen LogP contribution in [-0.2, 0) is 20.0 Å². The van der Waals surface area contributed by atoms with E-state index in [-0.39, 0.29) is 5.56 Å². The van der Waals surface area contributed by atoms with E-state index in [0.29, 0.717) is 21.1 Å². The Morgan fingerprint density at radius 3 is 2.61 bits per heavy atom. The molecule has 3 heterocycles. The molecular weight excluding hydrogens is 333 g/mol. The largest absolute Gasteiger partial charge is 0.327 e. The van der Waals surface area contributed by atoms with Gasteiger partial charge in [-0.3, -0.25) is 9.36 Å². The van der Waals surface area contributed by atoms with Crippen molar-refractivity contribution in [1.29, 1.82) is 0 Å². The minimum Gasteiger partial charge on any atom is -0.327 e. The van der Waals surface area contributed by atoms with E-state index in [1.165, 1.54) is 0 Å². The monoisotopic (exact) mass is 347 g/mol. The van der Waals surface area contributed by atoms with Gasteiger partial charge in [0.1, 0.15) is 16.9 Å². The molecule has 1 aliphatic rings. The van der Waals surface area contributed by atoms with Gasteiger partial charge in [-0.1, -0.05) is 35.3 Å². The first-order valence-corrected chi connectivity index (χ1v) is 8.37. The Bertz CT molecular complexity index is 970. The van der Waals surface area contributed by atoms with E-state index in [9.17, 15) is 4.79 Å². The molecule has 2 aromatic heterocycles. The number of aromatic nitrogens is 3. The summed E-state index contributed by atoms with van der Waals surface area (Å²) in [6, 6.07) is 7.44. The van der Waals surface area contributed by atoms with Gasteiger partial charge in [0.25, 0.3) is 5.56 Å². The molecule has 23 heavy (non-hydrogen) atoms. The standard InChI is InChI=1S/C17H15Cl2N3O/c1-21-15(10-5-7-11(18)8-6-10)14(19)13-16(21)20-12-4-2-3-9-22(12)17(13)23/h5-8H,2-4,9H2,1H3. The average Bonchev–Trinajstić information content (AvgIpc) is 2.80. The SMILES string of the molecule is Cn1c(-c2ccc(Cl)cc2)c(Cl)c2c(=O)n3c(nc21)CCCC3. The van der Waals surface area contributed by atoms with Crippen LogP contribution in [0.3, 0.4) is 0 Å². The van der Waals surface area contributed by atoms with Crippen LogP contribution in [0.4, 0.5) is 0 Å². The third kappa shape index (κ3) is 2.20. The molecule has 4 rings (SSSR count). The number of rotatable bonds is 1. The molecule has 0 aliphatic carbocycles. The molecule has 6 heteroatoms. The van der Waals surface area contributed by atoms with E-state index in [1.54, 1.807) is 4.57 Å². The van der Waals surface area contributed by atoms with Crippen LogP contribution in [0.15, 0.2) is 29.1 Å². The van der Waals surface area contributed by atoms with E-state index in [2.05, 4.69) is 0 Å². The van der Waals surface area contributed by atoms with E-state index >= 15 is 0 Å². The Morgan fingerprint density at radius 1 is 1.13 bits per heavy atom. The van der Waals surface area contributed by atoms with Crippen molar-refractivity contribution in [3.8, 4) is 11.3 Å². The summed E-state index contributed by atoms with van der Waals surface area (Å²) in [5, 5.41) is 1.63. The van der Waals surface area contributed by atoms with Crippen molar-refractivity contribution in [3.63, 3.8) is 0 Å². The summed E-state index contributed by atoms with van der Waals surface area (Å²) in [6.45, 7) is 0.721. The average molecular weight is 348 g/mol. The van der Waals surface area contributed by atoms with Gasteiger partial charge in [-0.05, 0) is 30.5 Å². The first-order chi connectivity index (χ1) is 11.1. The molecule has 3 aromatic rings. The van der Waals surface area contributed by atoms with Crippen molar-refractivity contribution >= 4 is 34.2 Å². The third-order valence-corrected chi connectivity index (χ3v) is 5.08. The van der Waals surface area contributed by atoms with Crippen LogP contribution in [0, 0.1) is 0 Å². The molecule has 0 amide bonds. The number of hydrogen-bond donors (Lipinski definition) is 0. The van der Waals surface area contributed by atoms with Gasteiger partial charge in [0, 0.05) is 25.0 Å². The van der Waals surface area contributed by atoms with Gasteiger partial charge in [-0.2, -0.15) is 0 Å². The van der Waals surface area contributed by atoms with Crippen LogP contribution in [0.25, 0.3) is 22.3 Å². The highest BCUT2D eigenvalue weighted by Crippen LogP contribution is 2.35. The van der Waals surface area contributed by atoms with Crippen LogP contribution < -0.4 is 5.56 Å². The van der Waals surface area contributed by atoms with Crippen molar-refractivity contribution < 1.29 is 0 Å². The number of fused-ring (bicyclic) bond motifs is 2. The lowest BCUT2D eigenvalue weighted by atomic mass is 10.1. The van der Waals surface area contributed by atoms with Gasteiger partial charge < -0.3 is 4.57 Å². The van der Waals surface area contributed by atoms with Crippen molar-refractivity contribution in [2.45, 2.75) is 25.8 Å². The topological polar surface area (TPSA) is 39.8 Å². The predicted octanol–water partition coefficient (Wildman–Crippen LogP) is 4.05. The molecule has 0 atom stereocenters. The summed E-state index contributed by atoms with van der Waals surface area (Å²) < 4.78 is 3.67. The van der Waals surface area contributed by atoms with E-state index in [0.717, 1.165) is 42.9 Å². The summed E-state index contributed by atoms with van der Waals surface area (Å²) in [7, 11) is 1.89. The Balaban J connectivity index is 2.06. The van der Waals surface area contributed by atoms with Gasteiger partial charge in [0.2, 0.25) is 0 Å². The predicted molar refractivity (Wildman–Crippen MR) is 93.4 cm³/mol. The molecule has 0 radical (unpaired) electrons. The number of hydrogen-bond acceptors (Lipinski definition) is 2. The number of halogens is 2. The highest BCUT2D eigenvalue weighted by Gasteiger charge is 2.23. The summed E-state index contributed by atoms with van der Waals surface area (Å²) in [4.78, 5) is 17.6. The second-order valence-electron chi connectivity index (χ2n) is 5.87. The maximum absolute atomic E-state index is 12.8. The van der Waals surface area contributed by atoms with Crippen LogP contribution in [-0.4, -0.2) is 14.1 Å². The smallest absolute Gasteiger partial charge is 0.264 e. The van der Waals surface area contributed by atoms with Gasteiger partial charge in [0.05, 0.1) is 10.7 Å². The molecule has 0 saturated heterocycles. The Kier molecular flexibility index (Phi) is 3.47. The molecule has 1 aromatic carbocycles. The van der Waals surface area contributed by atoms with E-state index in [4.69, 9.17) is 28.2 Å². The summed E-state index contributed by atoms with van der Waals surface area (Å²) in [6.07, 6.45) is 2.92. The van der Waals surface area contributed by atoms with E-state index in [1.807, 2.05) is 35.9 Å². The Hall–Kier alpha value is -1.78. The summed E-state index contributed by atoms with van der Waals surface area (Å²) in [5.74, 6) is 0.855. The third-order valence-electron chi connectivity index (χ3n) is 4.46. The van der Waals surface area contributed by atoms with E-state index < -0.39 is 0 Å². The molecule has 0 N–H and O–H groups in total. The van der Waals surface area contributed by atoms with Crippen LogP contribution in [0.5, 0.6) is 0 Å². The van der Waals surface area contributed by atoms with Gasteiger partial charge in [-0.25, -0.2) is 4.98 Å². The van der Waals surface area contributed by atoms with Gasteiger partial charge in [-0.15, -0.1) is 0 Å². The van der Waals surface area contributed by atoms with Gasteiger partial charge in [0.15, 0.2) is 0 Å². The van der Waals surface area contributed by atoms with Crippen molar-refractivity contribution in [2.75, 3.05) is 0 Å². The fourth-order valence-corrected chi connectivity index (χ4v) is 3.82. The second-order valence-corrected chi connectivity index (χ2v) is 6.68. The first kappa shape index (κ1) is 14.8. The Labute approximate surface area is 143 Å². The molecule has 0 spiro atoms. The number of nitrogens with zero attached hydrogens (tertiary/aromatic N) is 3. The van der Waals surface area contributed by atoms with Crippen LogP contribution in [0.2, 0.25) is 10.0 Å². The molecule has 0 bridgehead atoms. The van der Waals surface area contributed by atoms with Crippen molar-refractivity contribution in [3.05, 3.63) is 50.5 Å². The minimum atomic E-state index is -0.0366.